The van der Waals surface area contributed by atoms with E-state index in [2.05, 4.69) is 55.4 Å². The minimum absolute atomic E-state index is 0.0828. The molecule has 2 aromatic carbocycles. The summed E-state index contributed by atoms with van der Waals surface area (Å²) < 4.78 is 0. The molecule has 7 heteroatoms. The molecule has 3 amide bonds. The van der Waals surface area contributed by atoms with Gasteiger partial charge in [-0.05, 0) is 34.6 Å². The lowest BCUT2D eigenvalue weighted by molar-refractivity contribution is 0.0765. The van der Waals surface area contributed by atoms with E-state index in [0.717, 1.165) is 11.1 Å². The summed E-state index contributed by atoms with van der Waals surface area (Å²) >= 11 is 0. The second-order valence-electron chi connectivity index (χ2n) is 11.1. The summed E-state index contributed by atoms with van der Waals surface area (Å²) in [6.07, 6.45) is 0. The number of hydrogen-bond acceptors (Lipinski definition) is 3. The van der Waals surface area contributed by atoms with Crippen molar-refractivity contribution >= 4 is 33.7 Å². The van der Waals surface area contributed by atoms with Gasteiger partial charge in [-0.2, -0.15) is 0 Å². The van der Waals surface area contributed by atoms with E-state index < -0.39 is 11.8 Å². The van der Waals surface area contributed by atoms with Crippen LogP contribution < -0.4 is 0 Å². The molecular weight excluding hydrogens is 410 g/mol. The van der Waals surface area contributed by atoms with Crippen LogP contribution >= 0.6 is 0 Å². The van der Waals surface area contributed by atoms with E-state index in [0.29, 0.717) is 33.3 Å². The van der Waals surface area contributed by atoms with Crippen molar-refractivity contribution < 1.29 is 14.4 Å². The fourth-order valence-electron chi connectivity index (χ4n) is 2.48. The van der Waals surface area contributed by atoms with Crippen LogP contribution in [0.15, 0.2) is 48.5 Å². The summed E-state index contributed by atoms with van der Waals surface area (Å²) in [4.78, 5) is 35.4. The van der Waals surface area contributed by atoms with Crippen molar-refractivity contribution in [2.24, 2.45) is 10.8 Å². The van der Waals surface area contributed by atoms with Gasteiger partial charge in [0.25, 0.3) is 0 Å². The van der Waals surface area contributed by atoms with Gasteiger partial charge < -0.3 is 9.62 Å². The number of benzene rings is 2. The Kier molecular flexibility index (Phi) is 9.71. The van der Waals surface area contributed by atoms with Gasteiger partial charge in [0.15, 0.2) is 0 Å². The van der Waals surface area contributed by atoms with Gasteiger partial charge in [0, 0.05) is 12.1 Å². The SMILES string of the molecule is CC(C)(C)C.CC(C)(C)C.[B]N1C(=O)c2ccccc2C1=O.[B]N1Cc2ccccc2C1=O. The van der Waals surface area contributed by atoms with Crippen LogP contribution in [-0.4, -0.2) is 43.3 Å². The lowest BCUT2D eigenvalue weighted by Gasteiger charge is -2.05. The highest BCUT2D eigenvalue weighted by molar-refractivity contribution is 6.36. The lowest BCUT2D eigenvalue weighted by atomic mass is 10.0. The standard InChI is InChI=1S/C8H4BNO2.C8H6BNO.2C5H12/c9-10-7(11)5-3-1-2-4-6(5)8(10)12;9-10-5-6-3-1-2-4-7(6)8(10)11;2*1-5(2,3)4/h1-4H;1-4H,5H2;2*1-4H3. The van der Waals surface area contributed by atoms with Crippen LogP contribution in [0.2, 0.25) is 0 Å². The molecule has 0 fully saturated rings. The van der Waals surface area contributed by atoms with Gasteiger partial charge in [-0.15, -0.1) is 0 Å². The van der Waals surface area contributed by atoms with Crippen LogP contribution in [0.5, 0.6) is 0 Å². The number of amides is 3. The van der Waals surface area contributed by atoms with Crippen LogP contribution in [0.3, 0.4) is 0 Å². The second-order valence-corrected chi connectivity index (χ2v) is 11.1. The highest BCUT2D eigenvalue weighted by Crippen LogP contribution is 2.20. The Bertz CT molecular complexity index is 933. The molecule has 5 nitrogen and oxygen atoms in total. The lowest BCUT2D eigenvalue weighted by Crippen LogP contribution is -2.26. The maximum atomic E-state index is 11.2. The summed E-state index contributed by atoms with van der Waals surface area (Å²) in [6.45, 7) is 18.0. The summed E-state index contributed by atoms with van der Waals surface area (Å²) in [5.41, 5.74) is 3.50. The highest BCUT2D eigenvalue weighted by Gasteiger charge is 2.31. The second kappa shape index (κ2) is 11.4. The molecule has 33 heavy (non-hydrogen) atoms. The number of imide groups is 1. The third-order valence-electron chi connectivity index (χ3n) is 3.67. The molecule has 0 spiro atoms. The smallest absolute Gasteiger partial charge is 0.248 e. The Morgan fingerprint density at radius 1 is 0.606 bits per heavy atom. The van der Waals surface area contributed by atoms with Crippen LogP contribution in [0.1, 0.15) is 92.0 Å². The van der Waals surface area contributed by atoms with Crippen LogP contribution in [0.25, 0.3) is 0 Å². The molecule has 4 radical (unpaired) electrons. The van der Waals surface area contributed by atoms with Gasteiger partial charge in [-0.1, -0.05) is 85.7 Å². The van der Waals surface area contributed by atoms with Gasteiger partial charge in [0.05, 0.1) is 11.1 Å². The first-order valence-corrected chi connectivity index (χ1v) is 10.9. The zero-order valence-corrected chi connectivity index (χ0v) is 21.1. The first-order valence-electron chi connectivity index (χ1n) is 10.9. The normalized spacial score (nSPS) is 14.2. The quantitative estimate of drug-likeness (QED) is 0.415. The Morgan fingerprint density at radius 3 is 1.30 bits per heavy atom. The topological polar surface area (TPSA) is 57.7 Å². The molecule has 172 valence electrons. The minimum atomic E-state index is -0.435. The Labute approximate surface area is 201 Å². The number of hydrogen-bond donors (Lipinski definition) is 0. The number of carbonyl (C=O) groups excluding carboxylic acids is 3. The third-order valence-corrected chi connectivity index (χ3v) is 3.67. The fraction of sp³-hybridized carbons (Fsp3) is 0.423. The summed E-state index contributed by atoms with van der Waals surface area (Å²) in [5.74, 6) is -0.952. The molecule has 0 saturated carbocycles. The number of fused-ring (bicyclic) bond motifs is 2. The molecule has 4 rings (SSSR count). The molecule has 2 aliphatic heterocycles. The van der Waals surface area contributed by atoms with E-state index in [4.69, 9.17) is 16.0 Å². The number of rotatable bonds is 0. The van der Waals surface area contributed by atoms with E-state index in [1.807, 2.05) is 18.2 Å². The van der Waals surface area contributed by atoms with Crippen LogP contribution in [-0.2, 0) is 6.54 Å². The predicted molar refractivity (Wildman–Crippen MR) is 135 cm³/mol. The van der Waals surface area contributed by atoms with Crippen molar-refractivity contribution in [1.29, 1.82) is 0 Å². The Morgan fingerprint density at radius 2 is 0.939 bits per heavy atom. The van der Waals surface area contributed by atoms with Gasteiger partial charge in [-0.3, -0.25) is 14.4 Å². The average molecular weight is 444 g/mol. The first kappa shape index (κ1) is 28.2. The van der Waals surface area contributed by atoms with Crippen LogP contribution in [0.4, 0.5) is 0 Å². The largest absolute Gasteiger partial charge is 0.389 e. The third kappa shape index (κ3) is 9.68. The van der Waals surface area contributed by atoms with Crippen molar-refractivity contribution in [2.45, 2.75) is 61.9 Å². The maximum absolute atomic E-state index is 11.2. The minimum Gasteiger partial charge on any atom is -0.389 e. The average Bonchev–Trinajstić information content (AvgIpc) is 3.09. The molecule has 0 unspecified atom stereocenters. The molecule has 0 aromatic heterocycles. The van der Waals surface area contributed by atoms with Gasteiger partial charge in [-0.25, -0.2) is 0 Å². The van der Waals surface area contributed by atoms with Crippen LogP contribution in [0, 0.1) is 10.8 Å². The van der Waals surface area contributed by atoms with Crippen molar-refractivity contribution in [3.05, 3.63) is 70.8 Å². The van der Waals surface area contributed by atoms with E-state index in [9.17, 15) is 14.4 Å². The molecule has 0 atom stereocenters. The Hall–Kier alpha value is -2.82. The molecule has 0 aliphatic carbocycles. The van der Waals surface area contributed by atoms with Gasteiger partial charge in [0.1, 0.15) is 0 Å². The molecule has 0 bridgehead atoms. The molecule has 2 heterocycles. The first-order chi connectivity index (χ1) is 15.0. The van der Waals surface area contributed by atoms with E-state index in [1.54, 1.807) is 30.3 Å². The molecule has 0 N–H and O–H groups in total. The fourth-order valence-corrected chi connectivity index (χ4v) is 2.48. The zero-order chi connectivity index (χ0) is 25.6. The maximum Gasteiger partial charge on any atom is 0.248 e. The molecule has 2 aliphatic rings. The van der Waals surface area contributed by atoms with Crippen molar-refractivity contribution in [2.75, 3.05) is 0 Å². The van der Waals surface area contributed by atoms with Crippen molar-refractivity contribution in [3.8, 4) is 0 Å². The van der Waals surface area contributed by atoms with E-state index in [-0.39, 0.29) is 5.91 Å². The summed E-state index contributed by atoms with van der Waals surface area (Å²) in [7, 11) is 10.6. The summed E-state index contributed by atoms with van der Waals surface area (Å²) in [5, 5.41) is 0. The van der Waals surface area contributed by atoms with E-state index >= 15 is 0 Å². The monoisotopic (exact) mass is 444 g/mol. The summed E-state index contributed by atoms with van der Waals surface area (Å²) in [6, 6.07) is 14.0. The molecule has 0 saturated heterocycles. The Balaban J connectivity index is 0.000000239. The molecule has 2 aromatic rings. The predicted octanol–water partition coefficient (Wildman–Crippen LogP) is 5.20. The van der Waals surface area contributed by atoms with Gasteiger partial charge in [0.2, 0.25) is 33.7 Å². The van der Waals surface area contributed by atoms with Crippen molar-refractivity contribution in [1.82, 2.24) is 9.62 Å². The van der Waals surface area contributed by atoms with Gasteiger partial charge >= 0.3 is 0 Å². The van der Waals surface area contributed by atoms with Crippen molar-refractivity contribution in [3.63, 3.8) is 0 Å². The molecular formula is C26H34B2N2O3. The zero-order valence-electron chi connectivity index (χ0n) is 21.1. The number of carbonyl (C=O) groups is 3. The number of nitrogens with zero attached hydrogens (tertiary/aromatic N) is 2. The van der Waals surface area contributed by atoms with E-state index in [1.165, 1.54) is 4.81 Å². The highest BCUT2D eigenvalue weighted by atomic mass is 16.2.